The molecule has 0 saturated heterocycles. The molecule has 3 aromatic rings. The summed E-state index contributed by atoms with van der Waals surface area (Å²) in [6.45, 7) is 6.40. The molecule has 0 aliphatic rings. The van der Waals surface area contributed by atoms with Gasteiger partial charge in [-0.25, -0.2) is 8.42 Å². The Labute approximate surface area is 245 Å². The molecular weight excluding hydrogens is 568 g/mol. The molecule has 3 aromatic carbocycles. The molecule has 0 aromatic heterocycles. The summed E-state index contributed by atoms with van der Waals surface area (Å²) in [7, 11) is -4.35. The van der Waals surface area contributed by atoms with E-state index in [1.165, 1.54) is 47.4 Å². The van der Waals surface area contributed by atoms with Crippen molar-refractivity contribution in [1.82, 2.24) is 10.2 Å². The number of benzene rings is 3. The van der Waals surface area contributed by atoms with Crippen molar-refractivity contribution in [3.8, 4) is 0 Å². The third kappa shape index (κ3) is 8.05. The van der Waals surface area contributed by atoms with Crippen LogP contribution in [-0.2, 0) is 26.2 Å². The molecule has 0 unspecified atom stereocenters. The summed E-state index contributed by atoms with van der Waals surface area (Å²) in [6.07, 6.45) is 0.236. The van der Waals surface area contributed by atoms with Crippen LogP contribution in [0, 0.1) is 10.1 Å². The van der Waals surface area contributed by atoms with E-state index >= 15 is 0 Å². The number of anilines is 1. The highest BCUT2D eigenvalue weighted by molar-refractivity contribution is 7.92. The molecule has 0 aliphatic carbocycles. The molecule has 218 valence electrons. The third-order valence-electron chi connectivity index (χ3n) is 6.12. The molecule has 0 spiro atoms. The van der Waals surface area contributed by atoms with E-state index in [9.17, 15) is 28.1 Å². The van der Waals surface area contributed by atoms with Gasteiger partial charge < -0.3 is 10.2 Å². The van der Waals surface area contributed by atoms with E-state index in [0.29, 0.717) is 10.6 Å². The van der Waals surface area contributed by atoms with E-state index in [2.05, 4.69) is 5.32 Å². The number of hydrogen-bond acceptors (Lipinski definition) is 6. The predicted molar refractivity (Wildman–Crippen MR) is 158 cm³/mol. The number of halogens is 1. The van der Waals surface area contributed by atoms with Crippen LogP contribution in [0.5, 0.6) is 0 Å². The van der Waals surface area contributed by atoms with Crippen LogP contribution < -0.4 is 9.62 Å². The van der Waals surface area contributed by atoms with Crippen LogP contribution in [0.1, 0.15) is 39.7 Å². The second-order valence-electron chi connectivity index (χ2n) is 10.4. The van der Waals surface area contributed by atoms with Gasteiger partial charge in [0.25, 0.3) is 15.7 Å². The number of amides is 2. The van der Waals surface area contributed by atoms with Crippen LogP contribution in [0.4, 0.5) is 11.4 Å². The third-order valence-corrected chi connectivity index (χ3v) is 8.28. The quantitative estimate of drug-likeness (QED) is 0.239. The number of hydrogen-bond donors (Lipinski definition) is 1. The molecule has 41 heavy (non-hydrogen) atoms. The second-order valence-corrected chi connectivity index (χ2v) is 12.6. The van der Waals surface area contributed by atoms with Gasteiger partial charge in [0.1, 0.15) is 12.6 Å². The largest absolute Gasteiger partial charge is 0.350 e. The Hall–Kier alpha value is -3.96. The summed E-state index contributed by atoms with van der Waals surface area (Å²) < 4.78 is 28.5. The molecule has 0 saturated carbocycles. The topological polar surface area (TPSA) is 130 Å². The van der Waals surface area contributed by atoms with Gasteiger partial charge in [0, 0.05) is 29.2 Å². The average molecular weight is 601 g/mol. The second kappa shape index (κ2) is 13.1. The number of nitro benzene ring substituents is 1. The Morgan fingerprint density at radius 3 is 2.22 bits per heavy atom. The fourth-order valence-electron chi connectivity index (χ4n) is 4.19. The van der Waals surface area contributed by atoms with Gasteiger partial charge in [0.2, 0.25) is 11.8 Å². The summed E-state index contributed by atoms with van der Waals surface area (Å²) in [6, 6.07) is 18.4. The van der Waals surface area contributed by atoms with Gasteiger partial charge in [-0.3, -0.25) is 24.0 Å². The minimum absolute atomic E-state index is 0.0667. The van der Waals surface area contributed by atoms with E-state index in [1.807, 2.05) is 20.8 Å². The van der Waals surface area contributed by atoms with Crippen LogP contribution >= 0.6 is 11.6 Å². The first-order valence-corrected chi connectivity index (χ1v) is 14.7. The van der Waals surface area contributed by atoms with Crippen LogP contribution in [0.15, 0.2) is 83.8 Å². The summed E-state index contributed by atoms with van der Waals surface area (Å²) in [5.74, 6) is -1.10. The maximum absolute atomic E-state index is 14.1. The molecule has 0 bridgehead atoms. The van der Waals surface area contributed by atoms with Gasteiger partial charge in [0.15, 0.2) is 0 Å². The van der Waals surface area contributed by atoms with E-state index in [0.717, 1.165) is 10.4 Å². The highest BCUT2D eigenvalue weighted by atomic mass is 35.5. The lowest BCUT2D eigenvalue weighted by atomic mass is 10.1. The Bertz CT molecular complexity index is 1510. The van der Waals surface area contributed by atoms with E-state index < -0.39 is 44.9 Å². The molecule has 0 aliphatic heterocycles. The summed E-state index contributed by atoms with van der Waals surface area (Å²) in [5, 5.41) is 14.8. The van der Waals surface area contributed by atoms with Crippen molar-refractivity contribution in [2.24, 2.45) is 0 Å². The van der Waals surface area contributed by atoms with E-state index in [1.54, 1.807) is 37.3 Å². The Morgan fingerprint density at radius 1 is 1.00 bits per heavy atom. The summed E-state index contributed by atoms with van der Waals surface area (Å²) >= 11 is 6.40. The molecule has 0 radical (unpaired) electrons. The predicted octanol–water partition coefficient (Wildman–Crippen LogP) is 5.17. The highest BCUT2D eigenvalue weighted by Gasteiger charge is 2.35. The fourth-order valence-corrected chi connectivity index (χ4v) is 5.82. The monoisotopic (exact) mass is 600 g/mol. The number of nitro groups is 1. The molecule has 3 rings (SSSR count). The van der Waals surface area contributed by atoms with Gasteiger partial charge >= 0.3 is 0 Å². The minimum atomic E-state index is -4.35. The van der Waals surface area contributed by atoms with E-state index in [4.69, 9.17) is 11.6 Å². The van der Waals surface area contributed by atoms with Gasteiger partial charge in [-0.05, 0) is 57.0 Å². The smallest absolute Gasteiger partial charge is 0.271 e. The van der Waals surface area contributed by atoms with Gasteiger partial charge in [-0.1, -0.05) is 61.0 Å². The van der Waals surface area contributed by atoms with E-state index in [-0.39, 0.29) is 29.2 Å². The zero-order valence-electron chi connectivity index (χ0n) is 23.3. The normalized spacial score (nSPS) is 12.3. The average Bonchev–Trinajstić information content (AvgIpc) is 2.92. The molecule has 1 N–H and O–H groups in total. The first-order chi connectivity index (χ1) is 19.2. The van der Waals surface area contributed by atoms with Crippen molar-refractivity contribution in [3.05, 3.63) is 99.6 Å². The lowest BCUT2D eigenvalue weighted by Crippen LogP contribution is -2.55. The first-order valence-electron chi connectivity index (χ1n) is 12.9. The van der Waals surface area contributed by atoms with Gasteiger partial charge in [-0.15, -0.1) is 0 Å². The number of nitrogens with zero attached hydrogens (tertiary/aromatic N) is 3. The van der Waals surface area contributed by atoms with Gasteiger partial charge in [-0.2, -0.15) is 0 Å². The van der Waals surface area contributed by atoms with Gasteiger partial charge in [0.05, 0.1) is 15.5 Å². The summed E-state index contributed by atoms with van der Waals surface area (Å²) in [4.78, 5) is 39.5. The number of rotatable bonds is 11. The van der Waals surface area contributed by atoms with Crippen molar-refractivity contribution in [1.29, 1.82) is 0 Å². The fraction of sp³-hybridized carbons (Fsp3) is 0.310. The van der Waals surface area contributed by atoms with Crippen molar-refractivity contribution in [3.63, 3.8) is 0 Å². The zero-order chi connectivity index (χ0) is 30.4. The minimum Gasteiger partial charge on any atom is -0.350 e. The Balaban J connectivity index is 2.12. The molecule has 12 heteroatoms. The van der Waals surface area contributed by atoms with Crippen LogP contribution in [0.3, 0.4) is 0 Å². The first kappa shape index (κ1) is 31.6. The number of sulfonamides is 1. The highest BCUT2D eigenvalue weighted by Crippen LogP contribution is 2.28. The molecule has 0 heterocycles. The van der Waals surface area contributed by atoms with Crippen molar-refractivity contribution < 1.29 is 22.9 Å². The number of carbonyl (C=O) groups excluding carboxylic acids is 2. The number of non-ortho nitro benzene ring substituents is 1. The number of carbonyl (C=O) groups is 2. The Kier molecular flexibility index (Phi) is 10.1. The maximum atomic E-state index is 14.1. The van der Waals surface area contributed by atoms with Crippen LogP contribution in [0.2, 0.25) is 5.02 Å². The molecular formula is C29H33ClN4O6S. The molecule has 2 amide bonds. The molecule has 0 fully saturated rings. The number of nitrogens with one attached hydrogen (secondary N) is 1. The zero-order valence-corrected chi connectivity index (χ0v) is 24.9. The molecule has 1 atom stereocenters. The Morgan fingerprint density at radius 2 is 1.63 bits per heavy atom. The maximum Gasteiger partial charge on any atom is 0.271 e. The summed E-state index contributed by atoms with van der Waals surface area (Å²) in [5.41, 5.74) is -0.430. The van der Waals surface area contributed by atoms with Crippen molar-refractivity contribution in [2.45, 2.75) is 57.1 Å². The van der Waals surface area contributed by atoms with Crippen LogP contribution in [-0.4, -0.2) is 48.2 Å². The van der Waals surface area contributed by atoms with Crippen LogP contribution in [0.25, 0.3) is 0 Å². The van der Waals surface area contributed by atoms with Crippen molar-refractivity contribution in [2.75, 3.05) is 10.8 Å². The van der Waals surface area contributed by atoms with Crippen molar-refractivity contribution >= 4 is 44.8 Å². The molecule has 10 nitrogen and oxygen atoms in total. The lowest BCUT2D eigenvalue weighted by Gasteiger charge is -2.35. The lowest BCUT2D eigenvalue weighted by molar-refractivity contribution is -0.384. The standard InChI is InChI=1S/C29H33ClN4O6S/c1-5-26(28(36)31-29(2,3)4)32(19-21-12-9-10-17-25(21)30)27(35)20-33(22-13-11-14-23(18-22)34(37)38)41(39,40)24-15-7-6-8-16-24/h6-18,26H,5,19-20H2,1-4H3,(H,31,36)/t26-/m1/s1. The SMILES string of the molecule is CC[C@H](C(=O)NC(C)(C)C)N(Cc1ccccc1Cl)C(=O)CN(c1cccc([N+](=O)[O-])c1)S(=O)(=O)c1ccccc1.